The summed E-state index contributed by atoms with van der Waals surface area (Å²) in [7, 11) is 1.64. The van der Waals surface area contributed by atoms with Crippen molar-refractivity contribution in [3.05, 3.63) is 89.5 Å². The smallest absolute Gasteiger partial charge is 0.247 e. The number of methoxy groups -OCH3 is 1. The first-order valence-corrected chi connectivity index (χ1v) is 14.1. The van der Waals surface area contributed by atoms with Gasteiger partial charge in [0.2, 0.25) is 5.91 Å². The van der Waals surface area contributed by atoms with Crippen LogP contribution in [0, 0.1) is 0 Å². The molecule has 3 aromatic carbocycles. The van der Waals surface area contributed by atoms with Crippen molar-refractivity contribution in [3.8, 4) is 5.75 Å². The van der Waals surface area contributed by atoms with E-state index in [0.717, 1.165) is 22.6 Å². The average Bonchev–Trinajstić information content (AvgIpc) is 3.24. The topological polar surface area (TPSA) is 92.6 Å². The summed E-state index contributed by atoms with van der Waals surface area (Å²) in [6.07, 6.45) is 1.70. The van der Waals surface area contributed by atoms with E-state index in [-0.39, 0.29) is 11.7 Å². The van der Waals surface area contributed by atoms with Gasteiger partial charge in [0, 0.05) is 25.4 Å². The number of hydrogen-bond acceptors (Lipinski definition) is 8. The molecule has 1 saturated heterocycles. The van der Waals surface area contributed by atoms with Crippen LogP contribution in [0.5, 0.6) is 5.75 Å². The van der Waals surface area contributed by atoms with Gasteiger partial charge in [0.05, 0.1) is 31.1 Å². The molecular weight excluding hydrogens is 524 g/mol. The second kappa shape index (κ2) is 14.4. The maximum absolute atomic E-state index is 13.5. The van der Waals surface area contributed by atoms with Crippen molar-refractivity contribution < 1.29 is 19.1 Å². The Kier molecular flexibility index (Phi) is 10.5. The third-order valence-electron chi connectivity index (χ3n) is 6.14. The number of nitrogens with zero attached hydrogens (tertiary/aromatic N) is 3. The van der Waals surface area contributed by atoms with Crippen LogP contribution in [0.1, 0.15) is 35.3 Å². The van der Waals surface area contributed by atoms with E-state index in [1.165, 1.54) is 18.7 Å². The Balaban J connectivity index is 1.55. The highest BCUT2D eigenvalue weighted by atomic mass is 32.2. The molecule has 0 spiro atoms. The molecule has 1 heterocycles. The first-order valence-electron chi connectivity index (χ1n) is 13.2. The summed E-state index contributed by atoms with van der Waals surface area (Å²) >= 11 is 1.36. The minimum Gasteiger partial charge on any atom is -0.491 e. The Hall–Kier alpha value is -3.95. The normalized spacial score (nSPS) is 16.2. The number of amides is 1. The standard InChI is InChI=1S/C31H34N4O4S/c1-4-33-27-15-12-25(22(2)36)18-28(27)34-31-35(21-24-8-6-5-7-9-24)30(37)29(40-31)20-32-19-23-10-13-26(14-11-23)39-17-16-38-3/h5-15,18,20,29,33H,4,16-17,19,21H2,1-3H3. The van der Waals surface area contributed by atoms with Crippen LogP contribution < -0.4 is 10.1 Å². The van der Waals surface area contributed by atoms with Crippen LogP contribution in [0.2, 0.25) is 0 Å². The minimum absolute atomic E-state index is 0.0413. The van der Waals surface area contributed by atoms with E-state index in [1.807, 2.05) is 67.6 Å². The summed E-state index contributed by atoms with van der Waals surface area (Å²) < 4.78 is 10.6. The molecule has 0 saturated carbocycles. The third kappa shape index (κ3) is 7.80. The van der Waals surface area contributed by atoms with E-state index in [0.29, 0.717) is 49.3 Å². The fraction of sp³-hybridized carbons (Fsp3) is 0.290. The molecule has 40 heavy (non-hydrogen) atoms. The van der Waals surface area contributed by atoms with Crippen LogP contribution in [-0.4, -0.2) is 60.1 Å². The third-order valence-corrected chi connectivity index (χ3v) is 7.24. The lowest BCUT2D eigenvalue weighted by Crippen LogP contribution is -2.32. The number of ether oxygens (including phenoxy) is 2. The van der Waals surface area contributed by atoms with E-state index in [1.54, 1.807) is 30.4 Å². The van der Waals surface area contributed by atoms with Crippen molar-refractivity contribution in [1.82, 2.24) is 4.90 Å². The number of thioether (sulfide) groups is 1. The van der Waals surface area contributed by atoms with Crippen LogP contribution in [0.25, 0.3) is 0 Å². The predicted octanol–water partition coefficient (Wildman–Crippen LogP) is 5.75. The summed E-state index contributed by atoms with van der Waals surface area (Å²) in [4.78, 5) is 36.8. The van der Waals surface area contributed by atoms with Gasteiger partial charge in [-0.15, -0.1) is 0 Å². The second-order valence-corrected chi connectivity index (χ2v) is 10.2. The largest absolute Gasteiger partial charge is 0.491 e. The monoisotopic (exact) mass is 558 g/mol. The van der Waals surface area contributed by atoms with Gasteiger partial charge >= 0.3 is 0 Å². The Morgan fingerprint density at radius 3 is 2.52 bits per heavy atom. The van der Waals surface area contributed by atoms with Gasteiger partial charge in [0.25, 0.3) is 0 Å². The Morgan fingerprint density at radius 2 is 1.82 bits per heavy atom. The molecule has 0 bridgehead atoms. The number of ketones is 1. The van der Waals surface area contributed by atoms with Crippen molar-refractivity contribution in [2.75, 3.05) is 32.2 Å². The maximum atomic E-state index is 13.5. The molecule has 1 atom stereocenters. The van der Waals surface area contributed by atoms with E-state index in [2.05, 4.69) is 10.3 Å². The van der Waals surface area contributed by atoms with Crippen LogP contribution in [0.3, 0.4) is 0 Å². The molecule has 0 radical (unpaired) electrons. The number of carbonyl (C=O) groups excluding carboxylic acids is 2. The van der Waals surface area contributed by atoms with Gasteiger partial charge in [-0.2, -0.15) is 0 Å². The number of aliphatic imine (C=N–C) groups is 2. The van der Waals surface area contributed by atoms with Gasteiger partial charge in [-0.25, -0.2) is 4.99 Å². The Morgan fingerprint density at radius 1 is 1.05 bits per heavy atom. The fourth-order valence-corrected chi connectivity index (χ4v) is 5.08. The number of anilines is 1. The molecule has 1 aliphatic rings. The molecule has 0 aliphatic carbocycles. The number of rotatable bonds is 13. The van der Waals surface area contributed by atoms with Crippen LogP contribution in [0.15, 0.2) is 82.8 Å². The van der Waals surface area contributed by atoms with Gasteiger partial charge in [-0.3, -0.25) is 19.5 Å². The lowest BCUT2D eigenvalue weighted by molar-refractivity contribution is -0.125. The number of hydrogen-bond donors (Lipinski definition) is 1. The molecule has 1 N–H and O–H groups in total. The summed E-state index contributed by atoms with van der Waals surface area (Å²) in [5.41, 5.74) is 4.00. The molecule has 1 aliphatic heterocycles. The number of amidine groups is 1. The summed E-state index contributed by atoms with van der Waals surface area (Å²) in [6, 6.07) is 23.0. The van der Waals surface area contributed by atoms with Crippen molar-refractivity contribution in [1.29, 1.82) is 0 Å². The van der Waals surface area contributed by atoms with Crippen molar-refractivity contribution >= 4 is 46.2 Å². The Labute approximate surface area is 239 Å². The fourth-order valence-electron chi connectivity index (χ4n) is 4.04. The van der Waals surface area contributed by atoms with Gasteiger partial charge < -0.3 is 14.8 Å². The van der Waals surface area contributed by atoms with Crippen molar-refractivity contribution in [2.24, 2.45) is 9.98 Å². The number of nitrogens with one attached hydrogen (secondary N) is 1. The van der Waals surface area contributed by atoms with E-state index in [4.69, 9.17) is 14.5 Å². The van der Waals surface area contributed by atoms with E-state index in [9.17, 15) is 9.59 Å². The molecule has 9 heteroatoms. The maximum Gasteiger partial charge on any atom is 0.247 e. The van der Waals surface area contributed by atoms with Crippen molar-refractivity contribution in [2.45, 2.75) is 32.2 Å². The lowest BCUT2D eigenvalue weighted by atomic mass is 10.1. The zero-order valence-electron chi connectivity index (χ0n) is 23.0. The molecule has 1 amide bonds. The van der Waals surface area contributed by atoms with Gasteiger partial charge in [0.1, 0.15) is 17.6 Å². The first-order chi connectivity index (χ1) is 19.5. The van der Waals surface area contributed by atoms with E-state index < -0.39 is 5.25 Å². The highest BCUT2D eigenvalue weighted by Crippen LogP contribution is 2.34. The minimum atomic E-state index is -0.502. The molecule has 3 aromatic rings. The SMILES string of the molecule is CCNc1ccc(C(C)=O)cc1N=C1SC(C=NCc2ccc(OCCOC)cc2)C(=O)N1Cc1ccccc1. The molecule has 0 aromatic heterocycles. The van der Waals surface area contributed by atoms with Crippen molar-refractivity contribution in [3.63, 3.8) is 0 Å². The molecule has 8 nitrogen and oxygen atoms in total. The van der Waals surface area contributed by atoms with Crippen LogP contribution in [0.4, 0.5) is 11.4 Å². The van der Waals surface area contributed by atoms with Gasteiger partial charge in [0.15, 0.2) is 11.0 Å². The highest BCUT2D eigenvalue weighted by Gasteiger charge is 2.37. The Bertz CT molecular complexity index is 1360. The van der Waals surface area contributed by atoms with Crippen LogP contribution in [-0.2, 0) is 22.6 Å². The molecule has 208 valence electrons. The quantitative estimate of drug-likeness (QED) is 0.163. The predicted molar refractivity (Wildman–Crippen MR) is 162 cm³/mol. The lowest BCUT2D eigenvalue weighted by Gasteiger charge is -2.17. The summed E-state index contributed by atoms with van der Waals surface area (Å²) in [6.45, 7) is 6.09. The zero-order valence-corrected chi connectivity index (χ0v) is 23.8. The molecule has 1 fully saturated rings. The molecule has 1 unspecified atom stereocenters. The number of carbonyl (C=O) groups is 2. The molecular formula is C31H34N4O4S. The van der Waals surface area contributed by atoms with Gasteiger partial charge in [-0.05, 0) is 55.3 Å². The van der Waals surface area contributed by atoms with E-state index >= 15 is 0 Å². The van der Waals surface area contributed by atoms with Gasteiger partial charge in [-0.1, -0.05) is 54.2 Å². The van der Waals surface area contributed by atoms with Crippen LogP contribution >= 0.6 is 11.8 Å². The second-order valence-electron chi connectivity index (χ2n) is 9.14. The molecule has 4 rings (SSSR count). The number of benzene rings is 3. The average molecular weight is 559 g/mol. The first kappa shape index (κ1) is 29.0. The highest BCUT2D eigenvalue weighted by molar-refractivity contribution is 8.16. The zero-order chi connectivity index (χ0) is 28.3. The summed E-state index contributed by atoms with van der Waals surface area (Å²) in [5, 5.41) is 3.37. The number of Topliss-reactive ketones (excluding diaryl/α,β-unsaturated/α-hetero) is 1. The summed E-state index contributed by atoms with van der Waals surface area (Å²) in [5.74, 6) is 0.654.